The fourth-order valence-electron chi connectivity index (χ4n) is 2.70. The van der Waals surface area contributed by atoms with Crippen LogP contribution in [0.4, 0.5) is 0 Å². The van der Waals surface area contributed by atoms with Gasteiger partial charge in [-0.2, -0.15) is 0 Å². The van der Waals surface area contributed by atoms with E-state index in [0.29, 0.717) is 13.2 Å². The van der Waals surface area contributed by atoms with Gasteiger partial charge in [0.1, 0.15) is 17.4 Å². The number of rotatable bonds is 8. The predicted octanol–water partition coefficient (Wildman–Crippen LogP) is 3.30. The van der Waals surface area contributed by atoms with Crippen molar-refractivity contribution in [1.29, 1.82) is 0 Å². The molecule has 26 heavy (non-hydrogen) atoms. The summed E-state index contributed by atoms with van der Waals surface area (Å²) in [4.78, 5) is 12.3. The van der Waals surface area contributed by atoms with Gasteiger partial charge in [-0.1, -0.05) is 48.5 Å². The maximum Gasteiger partial charge on any atom is 0.234 e. The van der Waals surface area contributed by atoms with Crippen molar-refractivity contribution < 1.29 is 13.9 Å². The van der Waals surface area contributed by atoms with Crippen molar-refractivity contribution in [2.24, 2.45) is 0 Å². The summed E-state index contributed by atoms with van der Waals surface area (Å²) in [5.41, 5.74) is 1.79. The summed E-state index contributed by atoms with van der Waals surface area (Å²) in [6.45, 7) is 1.43. The SMILES string of the molecule is COCCNCC(=O)NC(c1ccccc1)c1cc2ccccc2o1.Cl. The van der Waals surface area contributed by atoms with E-state index in [2.05, 4.69) is 10.6 Å². The minimum atomic E-state index is -0.328. The number of nitrogens with one attached hydrogen (secondary N) is 2. The number of para-hydroxylation sites is 1. The van der Waals surface area contributed by atoms with Gasteiger partial charge in [0.2, 0.25) is 5.91 Å². The zero-order chi connectivity index (χ0) is 17.5. The molecule has 2 N–H and O–H groups in total. The van der Waals surface area contributed by atoms with Crippen molar-refractivity contribution in [1.82, 2.24) is 10.6 Å². The second-order valence-corrected chi connectivity index (χ2v) is 5.77. The van der Waals surface area contributed by atoms with Crippen molar-refractivity contribution in [2.45, 2.75) is 6.04 Å². The molecule has 6 heteroatoms. The molecule has 0 saturated heterocycles. The Hall–Kier alpha value is -2.34. The fraction of sp³-hybridized carbons (Fsp3) is 0.250. The molecule has 0 fully saturated rings. The third-order valence-electron chi connectivity index (χ3n) is 3.94. The highest BCUT2D eigenvalue weighted by atomic mass is 35.5. The molecule has 1 aromatic heterocycles. The first kappa shape index (κ1) is 20.0. The van der Waals surface area contributed by atoms with Crippen LogP contribution in [0.15, 0.2) is 65.1 Å². The smallest absolute Gasteiger partial charge is 0.234 e. The van der Waals surface area contributed by atoms with Crippen LogP contribution >= 0.6 is 12.4 Å². The minimum Gasteiger partial charge on any atom is -0.459 e. The summed E-state index contributed by atoms with van der Waals surface area (Å²) in [6.07, 6.45) is 0. The molecule has 0 aliphatic heterocycles. The van der Waals surface area contributed by atoms with Gasteiger partial charge >= 0.3 is 0 Å². The number of carbonyl (C=O) groups excluding carboxylic acids is 1. The molecule has 3 aromatic rings. The second kappa shape index (κ2) is 9.97. The van der Waals surface area contributed by atoms with Gasteiger partial charge < -0.3 is 19.8 Å². The van der Waals surface area contributed by atoms with Crippen molar-refractivity contribution in [3.63, 3.8) is 0 Å². The van der Waals surface area contributed by atoms with Crippen molar-refractivity contribution in [3.8, 4) is 0 Å². The monoisotopic (exact) mass is 374 g/mol. The van der Waals surface area contributed by atoms with E-state index < -0.39 is 0 Å². The Morgan fingerprint density at radius 2 is 1.85 bits per heavy atom. The van der Waals surface area contributed by atoms with Gasteiger partial charge in [-0.15, -0.1) is 12.4 Å². The molecule has 0 aliphatic rings. The molecule has 0 saturated carbocycles. The normalized spacial score (nSPS) is 11.7. The maximum atomic E-state index is 12.3. The molecule has 2 aromatic carbocycles. The molecule has 138 valence electrons. The van der Waals surface area contributed by atoms with Crippen molar-refractivity contribution in [2.75, 3.05) is 26.8 Å². The van der Waals surface area contributed by atoms with E-state index in [4.69, 9.17) is 9.15 Å². The van der Waals surface area contributed by atoms with Crippen molar-refractivity contribution in [3.05, 3.63) is 72.0 Å². The Bertz CT molecular complexity index is 787. The molecule has 5 nitrogen and oxygen atoms in total. The highest BCUT2D eigenvalue weighted by Gasteiger charge is 2.20. The lowest BCUT2D eigenvalue weighted by Gasteiger charge is -2.17. The number of carbonyl (C=O) groups is 1. The average molecular weight is 375 g/mol. The van der Waals surface area contributed by atoms with Crippen LogP contribution in [0.25, 0.3) is 11.0 Å². The van der Waals surface area contributed by atoms with E-state index in [-0.39, 0.29) is 30.9 Å². The van der Waals surface area contributed by atoms with Gasteiger partial charge in [0.25, 0.3) is 0 Å². The highest BCUT2D eigenvalue weighted by molar-refractivity contribution is 5.85. The third-order valence-corrected chi connectivity index (χ3v) is 3.94. The van der Waals surface area contributed by atoms with E-state index in [9.17, 15) is 4.79 Å². The number of fused-ring (bicyclic) bond motifs is 1. The lowest BCUT2D eigenvalue weighted by atomic mass is 10.0. The average Bonchev–Trinajstić information content (AvgIpc) is 3.08. The van der Waals surface area contributed by atoms with Gasteiger partial charge in [0.15, 0.2) is 0 Å². The van der Waals surface area contributed by atoms with Crippen LogP contribution < -0.4 is 10.6 Å². The number of hydrogen-bond donors (Lipinski definition) is 2. The van der Waals surface area contributed by atoms with Gasteiger partial charge in [-0.25, -0.2) is 0 Å². The molecule has 0 radical (unpaired) electrons. The van der Waals surface area contributed by atoms with Crippen LogP contribution in [0.1, 0.15) is 17.4 Å². The second-order valence-electron chi connectivity index (χ2n) is 5.77. The Morgan fingerprint density at radius 1 is 1.12 bits per heavy atom. The summed E-state index contributed by atoms with van der Waals surface area (Å²) < 4.78 is 10.9. The Balaban J connectivity index is 0.00000243. The molecular formula is C20H23ClN2O3. The first-order valence-electron chi connectivity index (χ1n) is 8.30. The molecule has 3 rings (SSSR count). The molecule has 1 unspecified atom stereocenters. The topological polar surface area (TPSA) is 63.5 Å². The number of halogens is 1. The van der Waals surface area contributed by atoms with E-state index in [0.717, 1.165) is 22.3 Å². The number of ether oxygens (including phenoxy) is 1. The number of hydrogen-bond acceptors (Lipinski definition) is 4. The Labute approximate surface area is 159 Å². The van der Waals surface area contributed by atoms with Gasteiger partial charge in [-0.05, 0) is 17.7 Å². The maximum absolute atomic E-state index is 12.3. The summed E-state index contributed by atoms with van der Waals surface area (Å²) >= 11 is 0. The van der Waals surface area contributed by atoms with E-state index in [1.165, 1.54) is 0 Å². The molecular weight excluding hydrogens is 352 g/mol. The number of amides is 1. The van der Waals surface area contributed by atoms with Gasteiger partial charge in [0, 0.05) is 19.0 Å². The van der Waals surface area contributed by atoms with E-state index >= 15 is 0 Å². The molecule has 0 aliphatic carbocycles. The predicted molar refractivity (Wildman–Crippen MR) is 105 cm³/mol. The van der Waals surface area contributed by atoms with Crippen LogP contribution in [-0.4, -0.2) is 32.7 Å². The van der Waals surface area contributed by atoms with Crippen LogP contribution in [0.5, 0.6) is 0 Å². The van der Waals surface area contributed by atoms with Crippen LogP contribution in [0, 0.1) is 0 Å². The Morgan fingerprint density at radius 3 is 2.58 bits per heavy atom. The molecule has 0 spiro atoms. The summed E-state index contributed by atoms with van der Waals surface area (Å²) in [7, 11) is 1.63. The summed E-state index contributed by atoms with van der Waals surface area (Å²) in [5, 5.41) is 7.12. The highest BCUT2D eigenvalue weighted by Crippen LogP contribution is 2.28. The van der Waals surface area contributed by atoms with Crippen molar-refractivity contribution >= 4 is 29.3 Å². The minimum absolute atomic E-state index is 0. The summed E-state index contributed by atoms with van der Waals surface area (Å²) in [6, 6.07) is 19.3. The first-order chi connectivity index (χ1) is 12.3. The third kappa shape index (κ3) is 5.08. The lowest BCUT2D eigenvalue weighted by Crippen LogP contribution is -2.37. The standard InChI is InChI=1S/C20H22N2O3.ClH/c1-24-12-11-21-14-19(23)22-20(15-7-3-2-4-8-15)18-13-16-9-5-6-10-17(16)25-18;/h2-10,13,20-21H,11-12,14H2,1H3,(H,22,23);1H. The largest absolute Gasteiger partial charge is 0.459 e. The quantitative estimate of drug-likeness (QED) is 0.594. The zero-order valence-corrected chi connectivity index (χ0v) is 15.4. The molecule has 1 heterocycles. The molecule has 1 amide bonds. The first-order valence-corrected chi connectivity index (χ1v) is 8.30. The summed E-state index contributed by atoms with van der Waals surface area (Å²) in [5.74, 6) is 0.628. The molecule has 1 atom stereocenters. The number of benzene rings is 2. The Kier molecular flexibility index (Phi) is 7.66. The van der Waals surface area contributed by atoms with E-state index in [1.54, 1.807) is 7.11 Å². The van der Waals surface area contributed by atoms with Crippen LogP contribution in [0.3, 0.4) is 0 Å². The molecule has 0 bridgehead atoms. The van der Waals surface area contributed by atoms with Crippen LogP contribution in [-0.2, 0) is 9.53 Å². The number of methoxy groups -OCH3 is 1. The number of furan rings is 1. The van der Waals surface area contributed by atoms with Gasteiger partial charge in [-0.3, -0.25) is 4.79 Å². The zero-order valence-electron chi connectivity index (χ0n) is 14.6. The van der Waals surface area contributed by atoms with Gasteiger partial charge in [0.05, 0.1) is 13.2 Å². The fourth-order valence-corrected chi connectivity index (χ4v) is 2.70. The lowest BCUT2D eigenvalue weighted by molar-refractivity contribution is -0.120. The van der Waals surface area contributed by atoms with Crippen LogP contribution in [0.2, 0.25) is 0 Å². The van der Waals surface area contributed by atoms with E-state index in [1.807, 2.05) is 60.7 Å².